The molecular formula is C37H54N4O7. The van der Waals surface area contributed by atoms with E-state index >= 15 is 0 Å². The Morgan fingerprint density at radius 3 is 2.42 bits per heavy atom. The Morgan fingerprint density at radius 1 is 1.02 bits per heavy atom. The first-order valence-corrected chi connectivity index (χ1v) is 17.5. The minimum atomic E-state index is -0.954. The van der Waals surface area contributed by atoms with E-state index in [4.69, 9.17) is 9.47 Å². The number of hydrogen-bond donors (Lipinski definition) is 4. The minimum absolute atomic E-state index is 0.0893. The molecule has 0 bridgehead atoms. The van der Waals surface area contributed by atoms with Crippen LogP contribution < -0.4 is 15.4 Å². The number of ether oxygens (including phenoxy) is 2. The van der Waals surface area contributed by atoms with Gasteiger partial charge < -0.3 is 35.2 Å². The summed E-state index contributed by atoms with van der Waals surface area (Å²) in [7, 11) is 2.00. The number of nitrogens with one attached hydrogen (secondary N) is 2. The fourth-order valence-electron chi connectivity index (χ4n) is 6.50. The summed E-state index contributed by atoms with van der Waals surface area (Å²) >= 11 is 0. The molecule has 2 aromatic carbocycles. The molecule has 48 heavy (non-hydrogen) atoms. The molecule has 1 fully saturated rings. The number of aliphatic hydroxyl groups is 1. The Hall–Kier alpha value is -3.67. The number of carboxylic acid groups (broad SMARTS) is 1. The van der Waals surface area contributed by atoms with Gasteiger partial charge in [-0.15, -0.1) is 0 Å². The molecule has 4 rings (SSSR count). The number of carboxylic acids is 1. The molecule has 1 saturated carbocycles. The van der Waals surface area contributed by atoms with Gasteiger partial charge in [0, 0.05) is 43.9 Å². The summed E-state index contributed by atoms with van der Waals surface area (Å²) in [6, 6.07) is 11.4. The molecule has 2 aliphatic rings. The van der Waals surface area contributed by atoms with E-state index in [9.17, 15) is 24.6 Å². The maximum absolute atomic E-state index is 14.4. The van der Waals surface area contributed by atoms with Crippen LogP contribution in [0.1, 0.15) is 98.4 Å². The standard InChI is InChI=1S/C37H54N4O7/c1-25-21-41(26(2)24-42)35(43)32-20-31(39-37(46)38-30-11-6-5-7-12-30)17-18-33(32)48-27(3)10-8-9-19-47-34(25)23-40(4)22-28-13-15-29(16-14-28)36(44)45/h13-18,20,25-27,30,34,42H,5-12,19,21-24H2,1-4H3,(H,44,45)(H2,38,39,46)/t25-,26-,27-,34-/m1/s1. The second kappa shape index (κ2) is 18.2. The van der Waals surface area contributed by atoms with E-state index in [0.29, 0.717) is 43.2 Å². The molecule has 4 N–H and O–H groups in total. The summed E-state index contributed by atoms with van der Waals surface area (Å²) < 4.78 is 12.8. The highest BCUT2D eigenvalue weighted by atomic mass is 16.5. The highest BCUT2D eigenvalue weighted by molar-refractivity contribution is 5.99. The van der Waals surface area contributed by atoms with Crippen molar-refractivity contribution >= 4 is 23.6 Å². The lowest BCUT2D eigenvalue weighted by Crippen LogP contribution is -2.47. The number of fused-ring (bicyclic) bond motifs is 1. The maximum atomic E-state index is 14.4. The normalized spacial score (nSPS) is 22.2. The van der Waals surface area contributed by atoms with Gasteiger partial charge in [0.1, 0.15) is 5.75 Å². The van der Waals surface area contributed by atoms with Crippen LogP contribution in [-0.2, 0) is 11.3 Å². The lowest BCUT2D eigenvalue weighted by Gasteiger charge is -2.36. The van der Waals surface area contributed by atoms with E-state index in [1.807, 2.05) is 33.0 Å². The van der Waals surface area contributed by atoms with Gasteiger partial charge in [0.2, 0.25) is 0 Å². The molecule has 4 atom stereocenters. The first-order chi connectivity index (χ1) is 23.0. The summed E-state index contributed by atoms with van der Waals surface area (Å²) in [5.41, 5.74) is 2.07. The average molecular weight is 667 g/mol. The fraction of sp³-hybridized carbons (Fsp3) is 0.595. The second-order valence-electron chi connectivity index (χ2n) is 13.6. The van der Waals surface area contributed by atoms with Crippen LogP contribution in [0.3, 0.4) is 0 Å². The Labute approximate surface area is 285 Å². The number of carbonyl (C=O) groups is 3. The first-order valence-electron chi connectivity index (χ1n) is 17.5. The second-order valence-corrected chi connectivity index (χ2v) is 13.6. The average Bonchev–Trinajstić information content (AvgIpc) is 3.06. The predicted molar refractivity (Wildman–Crippen MR) is 186 cm³/mol. The topological polar surface area (TPSA) is 141 Å². The molecular weight excluding hydrogens is 612 g/mol. The highest BCUT2D eigenvalue weighted by Gasteiger charge is 2.30. The number of amides is 3. The Kier molecular flexibility index (Phi) is 14.1. The SMILES string of the molecule is C[C@@H]1CCCCO[C@H](CN(C)Cc2ccc(C(=O)O)cc2)[C@H](C)CN([C@H](C)CO)C(=O)c2cc(NC(=O)NC3CCCCC3)ccc2O1. The molecule has 11 nitrogen and oxygen atoms in total. The minimum Gasteiger partial charge on any atom is -0.490 e. The number of nitrogens with zero attached hydrogens (tertiary/aromatic N) is 2. The summed E-state index contributed by atoms with van der Waals surface area (Å²) in [6.07, 6.45) is 7.52. The zero-order valence-electron chi connectivity index (χ0n) is 29.0. The van der Waals surface area contributed by atoms with Crippen LogP contribution in [0, 0.1) is 5.92 Å². The van der Waals surface area contributed by atoms with Crippen LogP contribution in [0.4, 0.5) is 10.5 Å². The number of benzene rings is 2. The number of carbonyl (C=O) groups excluding carboxylic acids is 2. The Balaban J connectivity index is 1.55. The van der Waals surface area contributed by atoms with E-state index in [1.165, 1.54) is 6.42 Å². The van der Waals surface area contributed by atoms with Crippen LogP contribution in [0.2, 0.25) is 0 Å². The van der Waals surface area contributed by atoms with E-state index in [0.717, 1.165) is 50.5 Å². The van der Waals surface area contributed by atoms with Crippen molar-refractivity contribution < 1.29 is 34.1 Å². The van der Waals surface area contributed by atoms with Gasteiger partial charge in [-0.05, 0) is 88.9 Å². The largest absolute Gasteiger partial charge is 0.490 e. The number of likely N-dealkylation sites (N-methyl/N-ethyl adjacent to an activating group) is 1. The van der Waals surface area contributed by atoms with Gasteiger partial charge in [-0.25, -0.2) is 9.59 Å². The summed E-state index contributed by atoms with van der Waals surface area (Å²) in [6.45, 7) is 7.75. The fourth-order valence-corrected chi connectivity index (χ4v) is 6.50. The Bertz CT molecular complexity index is 1350. The van der Waals surface area contributed by atoms with E-state index in [-0.39, 0.29) is 48.3 Å². The summed E-state index contributed by atoms with van der Waals surface area (Å²) in [5.74, 6) is -0.880. The number of aromatic carboxylic acids is 1. The number of urea groups is 1. The van der Waals surface area contributed by atoms with Crippen molar-refractivity contribution in [3.05, 3.63) is 59.2 Å². The van der Waals surface area contributed by atoms with Gasteiger partial charge in [-0.1, -0.05) is 38.3 Å². The molecule has 3 amide bonds. The van der Waals surface area contributed by atoms with E-state index in [1.54, 1.807) is 35.2 Å². The number of anilines is 1. The third-order valence-electron chi connectivity index (χ3n) is 9.39. The van der Waals surface area contributed by atoms with Crippen LogP contribution in [0.25, 0.3) is 0 Å². The van der Waals surface area contributed by atoms with Crippen molar-refractivity contribution in [1.82, 2.24) is 15.1 Å². The molecule has 264 valence electrons. The molecule has 0 radical (unpaired) electrons. The van der Waals surface area contributed by atoms with E-state index < -0.39 is 12.0 Å². The Morgan fingerprint density at radius 2 is 1.73 bits per heavy atom. The van der Waals surface area contributed by atoms with Crippen molar-refractivity contribution in [2.24, 2.45) is 5.92 Å². The van der Waals surface area contributed by atoms with Gasteiger partial charge in [0.05, 0.1) is 36.0 Å². The van der Waals surface area contributed by atoms with Gasteiger partial charge in [-0.2, -0.15) is 0 Å². The molecule has 1 aliphatic carbocycles. The van der Waals surface area contributed by atoms with Crippen molar-refractivity contribution in [3.63, 3.8) is 0 Å². The van der Waals surface area contributed by atoms with Crippen molar-refractivity contribution in [2.45, 2.75) is 103 Å². The van der Waals surface area contributed by atoms with Gasteiger partial charge in [-0.3, -0.25) is 9.69 Å². The molecule has 11 heteroatoms. The third-order valence-corrected chi connectivity index (χ3v) is 9.39. The third kappa shape index (κ3) is 10.9. The maximum Gasteiger partial charge on any atom is 0.335 e. The first kappa shape index (κ1) is 37.2. The van der Waals surface area contributed by atoms with Crippen LogP contribution in [0.5, 0.6) is 5.75 Å². The number of hydrogen-bond acceptors (Lipinski definition) is 7. The van der Waals surface area contributed by atoms with Crippen molar-refractivity contribution in [1.29, 1.82) is 0 Å². The van der Waals surface area contributed by atoms with Crippen LogP contribution in [-0.4, -0.2) is 95.6 Å². The zero-order chi connectivity index (χ0) is 34.6. The monoisotopic (exact) mass is 666 g/mol. The number of aliphatic hydroxyl groups excluding tert-OH is 1. The van der Waals surface area contributed by atoms with Crippen LogP contribution >= 0.6 is 0 Å². The quantitative estimate of drug-likeness (QED) is 0.265. The lowest BCUT2D eigenvalue weighted by molar-refractivity contribution is -0.0177. The molecule has 2 aromatic rings. The van der Waals surface area contributed by atoms with Gasteiger partial charge in [0.15, 0.2) is 0 Å². The van der Waals surface area contributed by atoms with Crippen LogP contribution in [0.15, 0.2) is 42.5 Å². The van der Waals surface area contributed by atoms with Crippen molar-refractivity contribution in [2.75, 3.05) is 38.7 Å². The zero-order valence-corrected chi connectivity index (χ0v) is 29.0. The molecule has 0 saturated heterocycles. The predicted octanol–water partition coefficient (Wildman–Crippen LogP) is 5.77. The van der Waals surface area contributed by atoms with Gasteiger partial charge in [0.25, 0.3) is 5.91 Å². The molecule has 0 aromatic heterocycles. The highest BCUT2D eigenvalue weighted by Crippen LogP contribution is 2.29. The molecule has 1 aliphatic heterocycles. The van der Waals surface area contributed by atoms with E-state index in [2.05, 4.69) is 22.5 Å². The molecule has 0 spiro atoms. The molecule has 0 unspecified atom stereocenters. The molecule has 1 heterocycles. The lowest BCUT2D eigenvalue weighted by atomic mass is 9.96. The van der Waals surface area contributed by atoms with Gasteiger partial charge >= 0.3 is 12.0 Å². The summed E-state index contributed by atoms with van der Waals surface area (Å²) in [4.78, 5) is 42.3. The summed E-state index contributed by atoms with van der Waals surface area (Å²) in [5, 5.41) is 25.5. The van der Waals surface area contributed by atoms with Crippen molar-refractivity contribution in [3.8, 4) is 5.75 Å². The number of rotatable bonds is 9. The smallest absolute Gasteiger partial charge is 0.335 e.